The van der Waals surface area contributed by atoms with Crippen molar-refractivity contribution in [2.75, 3.05) is 13.2 Å². The topological polar surface area (TPSA) is 95.9 Å². The summed E-state index contributed by atoms with van der Waals surface area (Å²) < 4.78 is 5.49. The average molecular weight is 989 g/mol. The van der Waals surface area contributed by atoms with Crippen molar-refractivity contribution in [1.82, 2.24) is 5.32 Å². The van der Waals surface area contributed by atoms with E-state index in [1.54, 1.807) is 6.08 Å². The zero-order valence-corrected chi connectivity index (χ0v) is 47.5. The molecule has 0 heterocycles. The highest BCUT2D eigenvalue weighted by atomic mass is 16.5. The van der Waals surface area contributed by atoms with Crippen LogP contribution in [0.1, 0.15) is 361 Å². The van der Waals surface area contributed by atoms with Gasteiger partial charge in [0.2, 0.25) is 5.91 Å². The van der Waals surface area contributed by atoms with E-state index >= 15 is 0 Å². The zero-order valence-electron chi connectivity index (χ0n) is 47.5. The van der Waals surface area contributed by atoms with E-state index in [9.17, 15) is 19.8 Å². The number of aliphatic hydroxyl groups is 2. The molecule has 6 nitrogen and oxygen atoms in total. The van der Waals surface area contributed by atoms with E-state index in [0.29, 0.717) is 19.4 Å². The number of aliphatic hydroxyl groups excluding tert-OH is 2. The SMILES string of the molecule is CCCCCCCCCCCCCCCCCCC/C=C/C(O)C(CO)NC(=O)CCCCCCCCCCCCCCCCCCCCCCOC(=O)CCCCCCCCCCCCCCCC. The Balaban J connectivity index is 3.41. The maximum atomic E-state index is 12.5. The number of rotatable bonds is 60. The van der Waals surface area contributed by atoms with Gasteiger partial charge in [-0.2, -0.15) is 0 Å². The number of unbranched alkanes of at least 4 members (excludes halogenated alkanes) is 49. The standard InChI is InChI=1S/C64H125NO5/c1-3-5-7-9-11-13-15-17-19-20-23-26-29-32-36-40-44-48-52-56-62(67)61(60-66)65-63(68)57-53-49-45-41-37-33-30-27-24-21-22-25-28-31-35-39-43-47-51-55-59-70-64(69)58-54-50-46-42-38-34-18-16-14-12-10-8-6-4-2/h52,56,61-62,66-67H,3-51,53-55,57-60H2,1-2H3,(H,65,68)/b56-52+. The first-order valence-electron chi connectivity index (χ1n) is 32.0. The van der Waals surface area contributed by atoms with Crippen LogP contribution < -0.4 is 5.32 Å². The second kappa shape index (κ2) is 60.2. The molecule has 0 aromatic rings. The Morgan fingerprint density at radius 1 is 0.386 bits per heavy atom. The minimum absolute atomic E-state index is 0.0130. The molecule has 0 bridgehead atoms. The molecule has 0 spiro atoms. The number of carbonyl (C=O) groups excluding carboxylic acids is 2. The Morgan fingerprint density at radius 3 is 0.971 bits per heavy atom. The van der Waals surface area contributed by atoms with Crippen LogP contribution in [0, 0.1) is 0 Å². The summed E-state index contributed by atoms with van der Waals surface area (Å²) in [5.74, 6) is -0.0531. The van der Waals surface area contributed by atoms with Gasteiger partial charge in [-0.05, 0) is 32.1 Å². The third kappa shape index (κ3) is 55.9. The lowest BCUT2D eigenvalue weighted by Gasteiger charge is -2.20. The molecule has 2 unspecified atom stereocenters. The maximum absolute atomic E-state index is 12.5. The van der Waals surface area contributed by atoms with Crippen molar-refractivity contribution < 1.29 is 24.5 Å². The number of hydrogen-bond donors (Lipinski definition) is 3. The van der Waals surface area contributed by atoms with Gasteiger partial charge in [-0.3, -0.25) is 9.59 Å². The van der Waals surface area contributed by atoms with E-state index in [1.807, 2.05) is 6.08 Å². The molecule has 0 aliphatic rings. The van der Waals surface area contributed by atoms with Gasteiger partial charge in [0.1, 0.15) is 0 Å². The zero-order chi connectivity index (χ0) is 50.7. The summed E-state index contributed by atoms with van der Waals surface area (Å²) in [6.45, 7) is 4.93. The molecule has 1 amide bonds. The van der Waals surface area contributed by atoms with Crippen LogP contribution in [-0.4, -0.2) is 47.4 Å². The van der Waals surface area contributed by atoms with Crippen molar-refractivity contribution in [3.05, 3.63) is 12.2 Å². The first-order chi connectivity index (χ1) is 34.5. The molecule has 0 fully saturated rings. The Labute approximate surface area is 438 Å². The number of esters is 1. The van der Waals surface area contributed by atoms with E-state index in [0.717, 1.165) is 38.5 Å². The molecule has 6 heteroatoms. The Bertz CT molecular complexity index is 1050. The Kier molecular flexibility index (Phi) is 59.0. The van der Waals surface area contributed by atoms with Crippen LogP contribution in [0.25, 0.3) is 0 Å². The van der Waals surface area contributed by atoms with Crippen molar-refractivity contribution in [2.24, 2.45) is 0 Å². The number of ether oxygens (including phenoxy) is 1. The molecule has 70 heavy (non-hydrogen) atoms. The Morgan fingerprint density at radius 2 is 0.657 bits per heavy atom. The van der Waals surface area contributed by atoms with E-state index in [1.165, 1.54) is 295 Å². The molecule has 0 aromatic carbocycles. The summed E-state index contributed by atoms with van der Waals surface area (Å²) in [4.78, 5) is 24.5. The van der Waals surface area contributed by atoms with Crippen molar-refractivity contribution in [1.29, 1.82) is 0 Å². The normalized spacial score (nSPS) is 12.6. The summed E-state index contributed by atoms with van der Waals surface area (Å²) in [6.07, 6.45) is 72.5. The first-order valence-corrected chi connectivity index (χ1v) is 32.0. The highest BCUT2D eigenvalue weighted by Gasteiger charge is 2.18. The minimum Gasteiger partial charge on any atom is -0.466 e. The maximum Gasteiger partial charge on any atom is 0.305 e. The number of allylic oxidation sites excluding steroid dienone is 1. The first kappa shape index (κ1) is 68.6. The summed E-state index contributed by atoms with van der Waals surface area (Å²) in [6, 6.07) is -0.629. The molecule has 0 aliphatic heterocycles. The lowest BCUT2D eigenvalue weighted by molar-refractivity contribution is -0.143. The summed E-state index contributed by atoms with van der Waals surface area (Å²) in [5, 5.41) is 23.2. The van der Waals surface area contributed by atoms with Gasteiger partial charge >= 0.3 is 5.97 Å². The fourth-order valence-electron chi connectivity index (χ4n) is 10.2. The van der Waals surface area contributed by atoms with Gasteiger partial charge < -0.3 is 20.3 Å². The summed E-state index contributed by atoms with van der Waals surface area (Å²) in [7, 11) is 0. The molecule has 0 rings (SSSR count). The monoisotopic (exact) mass is 988 g/mol. The van der Waals surface area contributed by atoms with Crippen LogP contribution in [0.4, 0.5) is 0 Å². The average Bonchev–Trinajstić information content (AvgIpc) is 3.36. The van der Waals surface area contributed by atoms with Gasteiger partial charge in [0.15, 0.2) is 0 Å². The van der Waals surface area contributed by atoms with Gasteiger partial charge in [-0.15, -0.1) is 0 Å². The number of hydrogen-bond acceptors (Lipinski definition) is 5. The van der Waals surface area contributed by atoms with Crippen LogP contribution in [0.5, 0.6) is 0 Å². The molecule has 2 atom stereocenters. The number of nitrogens with one attached hydrogen (secondary N) is 1. The predicted molar refractivity (Wildman–Crippen MR) is 306 cm³/mol. The second-order valence-electron chi connectivity index (χ2n) is 22.1. The van der Waals surface area contributed by atoms with Crippen LogP contribution in [0.15, 0.2) is 12.2 Å². The van der Waals surface area contributed by atoms with Crippen molar-refractivity contribution in [2.45, 2.75) is 373 Å². The van der Waals surface area contributed by atoms with E-state index in [4.69, 9.17) is 4.74 Å². The van der Waals surface area contributed by atoms with E-state index in [-0.39, 0.29) is 18.5 Å². The molecule has 416 valence electrons. The third-order valence-electron chi connectivity index (χ3n) is 15.1. The van der Waals surface area contributed by atoms with Gasteiger partial charge in [0.25, 0.3) is 0 Å². The Hall–Kier alpha value is -1.40. The second-order valence-corrected chi connectivity index (χ2v) is 22.1. The van der Waals surface area contributed by atoms with Gasteiger partial charge in [-0.25, -0.2) is 0 Å². The quantitative estimate of drug-likeness (QED) is 0.0321. The third-order valence-corrected chi connectivity index (χ3v) is 15.1. The molecule has 3 N–H and O–H groups in total. The molecule has 0 radical (unpaired) electrons. The fraction of sp³-hybridized carbons (Fsp3) is 0.938. The van der Waals surface area contributed by atoms with Crippen LogP contribution in [0.2, 0.25) is 0 Å². The molecular formula is C64H125NO5. The van der Waals surface area contributed by atoms with Crippen LogP contribution >= 0.6 is 0 Å². The van der Waals surface area contributed by atoms with Crippen LogP contribution in [0.3, 0.4) is 0 Å². The van der Waals surface area contributed by atoms with Gasteiger partial charge in [0.05, 0.1) is 25.4 Å². The predicted octanol–water partition coefficient (Wildman–Crippen LogP) is 20.0. The van der Waals surface area contributed by atoms with Crippen molar-refractivity contribution in [3.63, 3.8) is 0 Å². The molecular weight excluding hydrogens is 863 g/mol. The highest BCUT2D eigenvalue weighted by molar-refractivity contribution is 5.76. The minimum atomic E-state index is -0.845. The number of amides is 1. The highest BCUT2D eigenvalue weighted by Crippen LogP contribution is 2.18. The summed E-state index contributed by atoms with van der Waals surface area (Å²) in [5.41, 5.74) is 0. The van der Waals surface area contributed by atoms with Crippen molar-refractivity contribution in [3.8, 4) is 0 Å². The van der Waals surface area contributed by atoms with Gasteiger partial charge in [-0.1, -0.05) is 328 Å². The van der Waals surface area contributed by atoms with E-state index < -0.39 is 12.1 Å². The molecule has 0 aromatic heterocycles. The van der Waals surface area contributed by atoms with Gasteiger partial charge in [0, 0.05) is 12.8 Å². The fourth-order valence-corrected chi connectivity index (χ4v) is 10.2. The molecule has 0 saturated carbocycles. The lowest BCUT2D eigenvalue weighted by Crippen LogP contribution is -2.45. The largest absolute Gasteiger partial charge is 0.466 e. The lowest BCUT2D eigenvalue weighted by atomic mass is 10.0. The van der Waals surface area contributed by atoms with Crippen LogP contribution in [-0.2, 0) is 14.3 Å². The van der Waals surface area contributed by atoms with Crippen molar-refractivity contribution >= 4 is 11.9 Å². The smallest absolute Gasteiger partial charge is 0.305 e. The summed E-state index contributed by atoms with van der Waals surface area (Å²) >= 11 is 0. The molecule has 0 saturated heterocycles. The molecule has 0 aliphatic carbocycles. The number of carbonyl (C=O) groups is 2. The van der Waals surface area contributed by atoms with E-state index in [2.05, 4.69) is 19.2 Å².